The lowest BCUT2D eigenvalue weighted by atomic mass is 9.91. The second-order valence-electron chi connectivity index (χ2n) is 2.90. The lowest BCUT2D eigenvalue weighted by Gasteiger charge is -2.34. The van der Waals surface area contributed by atoms with Crippen molar-refractivity contribution in [3.63, 3.8) is 0 Å². The van der Waals surface area contributed by atoms with Crippen LogP contribution in [0.5, 0.6) is 0 Å². The van der Waals surface area contributed by atoms with Crippen molar-refractivity contribution in [3.8, 4) is 0 Å². The molecule has 1 rings (SSSR count). The molecular formula is C7H13NO4. The van der Waals surface area contributed by atoms with Gasteiger partial charge in [-0.15, -0.1) is 0 Å². The number of aliphatic hydroxyl groups excluding tert-OH is 1. The molecule has 0 unspecified atom stereocenters. The first-order valence-corrected chi connectivity index (χ1v) is 3.81. The van der Waals surface area contributed by atoms with E-state index in [1.54, 1.807) is 0 Å². The molecule has 0 radical (unpaired) electrons. The van der Waals surface area contributed by atoms with Crippen LogP contribution in [0.15, 0.2) is 0 Å². The Kier molecular flexibility index (Phi) is 2.66. The summed E-state index contributed by atoms with van der Waals surface area (Å²) in [5.74, 6) is -0.790. The fraction of sp³-hybridized carbons (Fsp3) is 0.857. The standard InChI is InChI=1S/C7H13NO4/c1-12-6(10)7(11)4-8-3-2-5(7)9/h5,8-9,11H,2-4H2,1H3/t5-,7+/m0/s1. The number of hydrogen-bond acceptors (Lipinski definition) is 5. The number of esters is 1. The molecule has 0 amide bonds. The summed E-state index contributed by atoms with van der Waals surface area (Å²) >= 11 is 0. The normalized spacial score (nSPS) is 36.1. The van der Waals surface area contributed by atoms with Crippen LogP contribution in [0.2, 0.25) is 0 Å². The lowest BCUT2D eigenvalue weighted by molar-refractivity contribution is -0.177. The first-order chi connectivity index (χ1) is 5.61. The number of carbonyl (C=O) groups excluding carboxylic acids is 1. The average Bonchev–Trinajstić information content (AvgIpc) is 2.09. The van der Waals surface area contributed by atoms with Crippen LogP contribution in [-0.4, -0.2) is 48.1 Å². The smallest absolute Gasteiger partial charge is 0.341 e. The molecule has 1 aliphatic rings. The van der Waals surface area contributed by atoms with E-state index in [1.807, 2.05) is 0 Å². The minimum atomic E-state index is -1.77. The third-order valence-corrected chi connectivity index (χ3v) is 2.08. The topological polar surface area (TPSA) is 78.8 Å². The molecule has 5 nitrogen and oxygen atoms in total. The molecule has 2 atom stereocenters. The summed E-state index contributed by atoms with van der Waals surface area (Å²) in [6, 6.07) is 0. The highest BCUT2D eigenvalue weighted by Gasteiger charge is 2.45. The summed E-state index contributed by atoms with van der Waals surface area (Å²) in [7, 11) is 1.18. The summed E-state index contributed by atoms with van der Waals surface area (Å²) in [5.41, 5.74) is -1.77. The van der Waals surface area contributed by atoms with Crippen LogP contribution in [-0.2, 0) is 9.53 Å². The SMILES string of the molecule is COC(=O)[C@@]1(O)CNCC[C@@H]1O. The molecular weight excluding hydrogens is 162 g/mol. The maximum absolute atomic E-state index is 11.0. The first-order valence-electron chi connectivity index (χ1n) is 3.81. The van der Waals surface area contributed by atoms with Crippen molar-refractivity contribution < 1.29 is 19.7 Å². The van der Waals surface area contributed by atoms with Crippen LogP contribution >= 0.6 is 0 Å². The van der Waals surface area contributed by atoms with Crippen molar-refractivity contribution in [1.29, 1.82) is 0 Å². The molecule has 0 saturated carbocycles. The van der Waals surface area contributed by atoms with Crippen molar-refractivity contribution >= 4 is 5.97 Å². The first kappa shape index (κ1) is 9.44. The average molecular weight is 175 g/mol. The van der Waals surface area contributed by atoms with Gasteiger partial charge in [-0.1, -0.05) is 0 Å². The Balaban J connectivity index is 2.72. The van der Waals surface area contributed by atoms with Gasteiger partial charge in [-0.3, -0.25) is 0 Å². The van der Waals surface area contributed by atoms with Crippen molar-refractivity contribution in [2.45, 2.75) is 18.1 Å². The van der Waals surface area contributed by atoms with E-state index >= 15 is 0 Å². The Bertz CT molecular complexity index is 184. The number of aliphatic hydroxyl groups is 2. The molecule has 70 valence electrons. The molecule has 0 aliphatic carbocycles. The predicted molar refractivity (Wildman–Crippen MR) is 40.5 cm³/mol. The van der Waals surface area contributed by atoms with E-state index < -0.39 is 17.7 Å². The van der Waals surface area contributed by atoms with Crippen molar-refractivity contribution in [1.82, 2.24) is 5.32 Å². The number of β-amino-alcohol motifs (C(OH)–C–C–N with tert-alkyl or cyclic N) is 1. The molecule has 0 aromatic carbocycles. The number of hydrogen-bond donors (Lipinski definition) is 3. The Hall–Kier alpha value is -0.650. The molecule has 3 N–H and O–H groups in total. The monoisotopic (exact) mass is 175 g/mol. The Labute approximate surface area is 70.3 Å². The predicted octanol–water partition coefficient (Wildman–Crippen LogP) is -1.76. The number of rotatable bonds is 1. The minimum Gasteiger partial charge on any atom is -0.467 e. The van der Waals surface area contributed by atoms with Gasteiger partial charge in [-0.2, -0.15) is 0 Å². The number of methoxy groups -OCH3 is 1. The Morgan fingerprint density at radius 1 is 1.75 bits per heavy atom. The van der Waals surface area contributed by atoms with E-state index in [0.29, 0.717) is 13.0 Å². The highest BCUT2D eigenvalue weighted by Crippen LogP contribution is 2.17. The fourth-order valence-electron chi connectivity index (χ4n) is 1.26. The van der Waals surface area contributed by atoms with Crippen LogP contribution in [0.25, 0.3) is 0 Å². The third kappa shape index (κ3) is 1.43. The molecule has 0 aromatic rings. The van der Waals surface area contributed by atoms with E-state index in [0.717, 1.165) is 0 Å². The maximum Gasteiger partial charge on any atom is 0.341 e. The molecule has 1 aliphatic heterocycles. The second kappa shape index (κ2) is 3.38. The quantitative estimate of drug-likeness (QED) is 0.412. The van der Waals surface area contributed by atoms with E-state index in [4.69, 9.17) is 0 Å². The highest BCUT2D eigenvalue weighted by molar-refractivity contribution is 5.80. The molecule has 5 heteroatoms. The zero-order valence-electron chi connectivity index (χ0n) is 6.91. The van der Waals surface area contributed by atoms with Gasteiger partial charge in [0.05, 0.1) is 13.2 Å². The number of piperidine rings is 1. The van der Waals surface area contributed by atoms with E-state index in [-0.39, 0.29) is 6.54 Å². The number of ether oxygens (including phenoxy) is 1. The molecule has 1 heterocycles. The van der Waals surface area contributed by atoms with Gasteiger partial charge in [0.2, 0.25) is 5.60 Å². The van der Waals surface area contributed by atoms with Gasteiger partial charge in [0.25, 0.3) is 0 Å². The van der Waals surface area contributed by atoms with Gasteiger partial charge in [0, 0.05) is 6.54 Å². The van der Waals surface area contributed by atoms with Crippen LogP contribution in [0.4, 0.5) is 0 Å². The molecule has 1 fully saturated rings. The summed E-state index contributed by atoms with van der Waals surface area (Å²) < 4.78 is 4.37. The summed E-state index contributed by atoms with van der Waals surface area (Å²) in [6.07, 6.45) is -0.683. The van der Waals surface area contributed by atoms with Gasteiger partial charge in [0.1, 0.15) is 0 Å². The molecule has 12 heavy (non-hydrogen) atoms. The molecule has 0 aromatic heterocycles. The van der Waals surface area contributed by atoms with Gasteiger partial charge < -0.3 is 20.3 Å². The van der Waals surface area contributed by atoms with Crippen LogP contribution in [0.1, 0.15) is 6.42 Å². The van der Waals surface area contributed by atoms with Gasteiger partial charge >= 0.3 is 5.97 Å². The van der Waals surface area contributed by atoms with Gasteiger partial charge in [0.15, 0.2) is 0 Å². The summed E-state index contributed by atoms with van der Waals surface area (Å²) in [4.78, 5) is 11.0. The zero-order valence-corrected chi connectivity index (χ0v) is 6.91. The zero-order chi connectivity index (χ0) is 9.19. The Morgan fingerprint density at radius 3 is 2.92 bits per heavy atom. The van der Waals surface area contributed by atoms with E-state index in [9.17, 15) is 15.0 Å². The summed E-state index contributed by atoms with van der Waals surface area (Å²) in [6.45, 7) is 0.640. The van der Waals surface area contributed by atoms with E-state index in [2.05, 4.69) is 10.1 Å². The molecule has 0 bridgehead atoms. The van der Waals surface area contributed by atoms with Crippen LogP contribution in [0.3, 0.4) is 0 Å². The number of carbonyl (C=O) groups is 1. The molecule has 0 spiro atoms. The van der Waals surface area contributed by atoms with Crippen LogP contribution < -0.4 is 5.32 Å². The van der Waals surface area contributed by atoms with Crippen molar-refractivity contribution in [2.24, 2.45) is 0 Å². The third-order valence-electron chi connectivity index (χ3n) is 2.08. The van der Waals surface area contributed by atoms with E-state index in [1.165, 1.54) is 7.11 Å². The second-order valence-corrected chi connectivity index (χ2v) is 2.90. The highest BCUT2D eigenvalue weighted by atomic mass is 16.5. The minimum absolute atomic E-state index is 0.0425. The lowest BCUT2D eigenvalue weighted by Crippen LogP contribution is -2.60. The van der Waals surface area contributed by atoms with Crippen molar-refractivity contribution in [3.05, 3.63) is 0 Å². The Morgan fingerprint density at radius 2 is 2.42 bits per heavy atom. The van der Waals surface area contributed by atoms with Gasteiger partial charge in [-0.25, -0.2) is 4.79 Å². The van der Waals surface area contributed by atoms with Crippen molar-refractivity contribution in [2.75, 3.05) is 20.2 Å². The van der Waals surface area contributed by atoms with Gasteiger partial charge in [-0.05, 0) is 13.0 Å². The van der Waals surface area contributed by atoms with Crippen LogP contribution in [0, 0.1) is 0 Å². The number of nitrogens with one attached hydrogen (secondary N) is 1. The maximum atomic E-state index is 11.0. The largest absolute Gasteiger partial charge is 0.467 e. The fourth-order valence-corrected chi connectivity index (χ4v) is 1.26. The molecule has 1 saturated heterocycles. The summed E-state index contributed by atoms with van der Waals surface area (Å²) in [5, 5.41) is 21.8.